The van der Waals surface area contributed by atoms with Crippen LogP contribution in [0.25, 0.3) is 0 Å². The summed E-state index contributed by atoms with van der Waals surface area (Å²) in [6.07, 6.45) is 5.73. The third-order valence-electron chi connectivity index (χ3n) is 4.50. The number of nitrogens with one attached hydrogen (secondary N) is 1. The van der Waals surface area contributed by atoms with Gasteiger partial charge in [-0.1, -0.05) is 27.2 Å². The third-order valence-corrected chi connectivity index (χ3v) is 4.50. The highest BCUT2D eigenvalue weighted by atomic mass is 15.2. The lowest BCUT2D eigenvalue weighted by atomic mass is 10.0. The fourth-order valence-corrected chi connectivity index (χ4v) is 3.22. The smallest absolute Gasteiger partial charge is 0.222 e. The van der Waals surface area contributed by atoms with Gasteiger partial charge in [-0.05, 0) is 38.5 Å². The van der Waals surface area contributed by atoms with Gasteiger partial charge in [0.25, 0.3) is 0 Å². The molecule has 5 heteroatoms. The van der Waals surface area contributed by atoms with E-state index >= 15 is 0 Å². The highest BCUT2D eigenvalue weighted by Gasteiger charge is 2.25. The molecule has 5 nitrogen and oxygen atoms in total. The van der Waals surface area contributed by atoms with Crippen molar-refractivity contribution < 1.29 is 0 Å². The van der Waals surface area contributed by atoms with Crippen molar-refractivity contribution >= 4 is 11.8 Å². The van der Waals surface area contributed by atoms with E-state index in [9.17, 15) is 0 Å². The first-order valence-corrected chi connectivity index (χ1v) is 9.12. The average Bonchev–Trinajstić information content (AvgIpc) is 2.93. The topological polar surface area (TPSA) is 67.1 Å². The fraction of sp³-hybridized carbons (Fsp3) is 0.778. The standard InChI is InChI=1S/C18H33N5/c1-5-6-15-11-17(22-18(19)21-15)23-10-9-16(12-23)20-14(4)8-7-13(2)3/h11,13-14,16,20H,5-10,12H2,1-4H3,(H2,19,21,22). The lowest BCUT2D eigenvalue weighted by molar-refractivity contribution is 0.412. The highest BCUT2D eigenvalue weighted by molar-refractivity contribution is 5.44. The number of nitrogen functional groups attached to an aromatic ring is 1. The maximum absolute atomic E-state index is 5.88. The van der Waals surface area contributed by atoms with Gasteiger partial charge in [0.05, 0.1) is 0 Å². The summed E-state index contributed by atoms with van der Waals surface area (Å²) in [7, 11) is 0. The normalized spacial score (nSPS) is 19.5. The van der Waals surface area contributed by atoms with E-state index in [0.29, 0.717) is 18.0 Å². The van der Waals surface area contributed by atoms with E-state index in [1.807, 2.05) is 0 Å². The molecule has 0 bridgehead atoms. The lowest BCUT2D eigenvalue weighted by Gasteiger charge is -2.22. The summed E-state index contributed by atoms with van der Waals surface area (Å²) in [5, 5.41) is 3.77. The Morgan fingerprint density at radius 1 is 1.30 bits per heavy atom. The fourth-order valence-electron chi connectivity index (χ4n) is 3.22. The van der Waals surface area contributed by atoms with Crippen LogP contribution < -0.4 is 16.0 Å². The Morgan fingerprint density at radius 3 is 2.78 bits per heavy atom. The van der Waals surface area contributed by atoms with Gasteiger partial charge in [-0.25, -0.2) is 4.98 Å². The molecular formula is C18H33N5. The summed E-state index contributed by atoms with van der Waals surface area (Å²) in [5.41, 5.74) is 6.93. The first-order chi connectivity index (χ1) is 11.0. The number of anilines is 2. The Bertz CT molecular complexity index is 488. The zero-order valence-corrected chi connectivity index (χ0v) is 15.2. The van der Waals surface area contributed by atoms with Crippen molar-refractivity contribution in [1.82, 2.24) is 15.3 Å². The van der Waals surface area contributed by atoms with Crippen LogP contribution in [-0.2, 0) is 6.42 Å². The molecule has 1 aliphatic heterocycles. The summed E-state index contributed by atoms with van der Waals surface area (Å²) in [5.74, 6) is 2.16. The van der Waals surface area contributed by atoms with E-state index in [1.165, 1.54) is 19.3 Å². The van der Waals surface area contributed by atoms with Gasteiger partial charge in [0, 0.05) is 36.9 Å². The minimum Gasteiger partial charge on any atom is -0.368 e. The Morgan fingerprint density at radius 2 is 2.09 bits per heavy atom. The second kappa shape index (κ2) is 8.48. The molecule has 1 aromatic heterocycles. The van der Waals surface area contributed by atoms with Gasteiger partial charge in [-0.15, -0.1) is 0 Å². The molecule has 3 N–H and O–H groups in total. The van der Waals surface area contributed by atoms with Crippen molar-refractivity contribution in [1.29, 1.82) is 0 Å². The summed E-state index contributed by atoms with van der Waals surface area (Å²) < 4.78 is 0. The van der Waals surface area contributed by atoms with Crippen LogP contribution in [0.4, 0.5) is 11.8 Å². The monoisotopic (exact) mass is 319 g/mol. The summed E-state index contributed by atoms with van der Waals surface area (Å²) in [6.45, 7) is 11.1. The van der Waals surface area contributed by atoms with Crippen LogP contribution in [0, 0.1) is 5.92 Å². The Labute approximate surface area is 141 Å². The van der Waals surface area contributed by atoms with E-state index in [0.717, 1.165) is 43.4 Å². The molecule has 2 atom stereocenters. The molecule has 2 heterocycles. The number of rotatable bonds is 8. The number of aryl methyl sites for hydroxylation is 1. The third kappa shape index (κ3) is 5.65. The van der Waals surface area contributed by atoms with Crippen molar-refractivity contribution in [3.05, 3.63) is 11.8 Å². The van der Waals surface area contributed by atoms with Crippen LogP contribution in [0.1, 0.15) is 59.1 Å². The molecule has 0 spiro atoms. The predicted molar refractivity (Wildman–Crippen MR) is 97.7 cm³/mol. The molecule has 1 saturated heterocycles. The maximum Gasteiger partial charge on any atom is 0.222 e. The van der Waals surface area contributed by atoms with E-state index in [4.69, 9.17) is 5.73 Å². The molecule has 0 aromatic carbocycles. The molecule has 2 unspecified atom stereocenters. The molecule has 0 amide bonds. The number of nitrogens with two attached hydrogens (primary N) is 1. The number of hydrogen-bond acceptors (Lipinski definition) is 5. The number of hydrogen-bond donors (Lipinski definition) is 2. The highest BCUT2D eigenvalue weighted by Crippen LogP contribution is 2.21. The van der Waals surface area contributed by atoms with Crippen LogP contribution in [-0.4, -0.2) is 35.1 Å². The summed E-state index contributed by atoms with van der Waals surface area (Å²) in [6, 6.07) is 3.22. The van der Waals surface area contributed by atoms with Crippen molar-refractivity contribution in [2.75, 3.05) is 23.7 Å². The molecule has 2 rings (SSSR count). The van der Waals surface area contributed by atoms with Gasteiger partial charge in [-0.3, -0.25) is 0 Å². The van der Waals surface area contributed by atoms with Gasteiger partial charge in [-0.2, -0.15) is 4.98 Å². The first kappa shape index (κ1) is 18.0. The van der Waals surface area contributed by atoms with Crippen LogP contribution in [0.2, 0.25) is 0 Å². The SMILES string of the molecule is CCCc1cc(N2CCC(NC(C)CCC(C)C)C2)nc(N)n1. The first-order valence-electron chi connectivity index (χ1n) is 9.12. The van der Waals surface area contributed by atoms with Crippen molar-refractivity contribution in [2.24, 2.45) is 5.92 Å². The maximum atomic E-state index is 5.88. The molecular weight excluding hydrogens is 286 g/mol. The van der Waals surface area contributed by atoms with Crippen LogP contribution in [0.5, 0.6) is 0 Å². The summed E-state index contributed by atoms with van der Waals surface area (Å²) in [4.78, 5) is 11.1. The molecule has 0 saturated carbocycles. The van der Waals surface area contributed by atoms with Gasteiger partial charge in [0.2, 0.25) is 5.95 Å². The van der Waals surface area contributed by atoms with Gasteiger partial charge in [0.15, 0.2) is 0 Å². The average molecular weight is 319 g/mol. The zero-order chi connectivity index (χ0) is 16.8. The quantitative estimate of drug-likeness (QED) is 0.771. The predicted octanol–water partition coefficient (Wildman–Crippen LogP) is 3.00. The van der Waals surface area contributed by atoms with E-state index in [2.05, 4.69) is 53.9 Å². The van der Waals surface area contributed by atoms with Crippen LogP contribution in [0.15, 0.2) is 6.07 Å². The van der Waals surface area contributed by atoms with E-state index in [-0.39, 0.29) is 0 Å². The second-order valence-corrected chi connectivity index (χ2v) is 7.30. The lowest BCUT2D eigenvalue weighted by Crippen LogP contribution is -2.38. The van der Waals surface area contributed by atoms with Crippen molar-refractivity contribution in [2.45, 2.75) is 71.9 Å². The zero-order valence-electron chi connectivity index (χ0n) is 15.2. The molecule has 1 aliphatic rings. The molecule has 1 aromatic rings. The van der Waals surface area contributed by atoms with Gasteiger partial charge < -0.3 is 16.0 Å². The Hall–Kier alpha value is -1.36. The minimum absolute atomic E-state index is 0.396. The van der Waals surface area contributed by atoms with Gasteiger partial charge in [0.1, 0.15) is 5.82 Å². The van der Waals surface area contributed by atoms with Gasteiger partial charge >= 0.3 is 0 Å². The number of aromatic nitrogens is 2. The van der Waals surface area contributed by atoms with E-state index in [1.54, 1.807) is 0 Å². The molecule has 1 fully saturated rings. The molecule has 130 valence electrons. The van der Waals surface area contributed by atoms with E-state index < -0.39 is 0 Å². The van der Waals surface area contributed by atoms with Crippen LogP contribution in [0.3, 0.4) is 0 Å². The largest absolute Gasteiger partial charge is 0.368 e. The van der Waals surface area contributed by atoms with Crippen LogP contribution >= 0.6 is 0 Å². The molecule has 0 radical (unpaired) electrons. The number of nitrogens with zero attached hydrogens (tertiary/aromatic N) is 3. The Kier molecular flexibility index (Phi) is 6.63. The van der Waals surface area contributed by atoms with Crippen molar-refractivity contribution in [3.63, 3.8) is 0 Å². The molecule has 0 aliphatic carbocycles. The van der Waals surface area contributed by atoms with Crippen molar-refractivity contribution in [3.8, 4) is 0 Å². The molecule has 23 heavy (non-hydrogen) atoms. The second-order valence-electron chi connectivity index (χ2n) is 7.30. The Balaban J connectivity index is 1.89. The minimum atomic E-state index is 0.396. The summed E-state index contributed by atoms with van der Waals surface area (Å²) >= 11 is 0.